The number of para-hydroxylation sites is 1. The van der Waals surface area contributed by atoms with Gasteiger partial charge in [0.15, 0.2) is 0 Å². The first-order valence-electron chi connectivity index (χ1n) is 10.7. The Balaban J connectivity index is 1.71. The number of nitrogens with zero attached hydrogens (tertiary/aromatic N) is 2. The lowest BCUT2D eigenvalue weighted by atomic mass is 10.1. The minimum atomic E-state index is 0.0109. The van der Waals surface area contributed by atoms with Gasteiger partial charge >= 0.3 is 0 Å². The van der Waals surface area contributed by atoms with Gasteiger partial charge in [-0.15, -0.1) is 0 Å². The van der Waals surface area contributed by atoms with Gasteiger partial charge in [0, 0.05) is 43.4 Å². The fourth-order valence-corrected chi connectivity index (χ4v) is 5.21. The number of carbonyl (C=O) groups is 1. The summed E-state index contributed by atoms with van der Waals surface area (Å²) in [5.74, 6) is 0.0109. The minimum Gasteiger partial charge on any atom is -0.385 e. The average molecular weight is 412 g/mol. The van der Waals surface area contributed by atoms with Crippen LogP contribution < -0.4 is 5.32 Å². The monoisotopic (exact) mass is 411 g/mol. The normalized spacial score (nSPS) is 22.7. The molecule has 1 saturated heterocycles. The first kappa shape index (κ1) is 20.2. The predicted octanol–water partition coefficient (Wildman–Crippen LogP) is 5.04. The molecule has 2 aliphatic heterocycles. The van der Waals surface area contributed by atoms with Crippen molar-refractivity contribution in [1.82, 2.24) is 9.80 Å². The number of hydrogen-bond acceptors (Lipinski definition) is 3. The van der Waals surface area contributed by atoms with Crippen LogP contribution in [-0.2, 0) is 6.54 Å². The van der Waals surface area contributed by atoms with Crippen molar-refractivity contribution in [3.05, 3.63) is 64.7 Å². The number of fused-ring (bicyclic) bond motifs is 3. The van der Waals surface area contributed by atoms with E-state index in [9.17, 15) is 4.79 Å². The van der Waals surface area contributed by atoms with Crippen LogP contribution in [0.2, 0.25) is 5.02 Å². The molecule has 0 aromatic heterocycles. The van der Waals surface area contributed by atoms with Gasteiger partial charge in [0.05, 0.1) is 10.6 Å². The molecular weight excluding hydrogens is 382 g/mol. The van der Waals surface area contributed by atoms with Crippen LogP contribution >= 0.6 is 11.6 Å². The summed E-state index contributed by atoms with van der Waals surface area (Å²) in [6.07, 6.45) is 3.46. The fraction of sp³-hybridized carbons (Fsp3) is 0.458. The van der Waals surface area contributed by atoms with Crippen LogP contribution in [0.3, 0.4) is 0 Å². The van der Waals surface area contributed by atoms with Crippen LogP contribution in [0, 0.1) is 0 Å². The van der Waals surface area contributed by atoms with Gasteiger partial charge in [-0.1, -0.05) is 41.9 Å². The Morgan fingerprint density at radius 3 is 2.55 bits per heavy atom. The standard InChI is InChI=1S/C24H30ClN3O/c1-17(2)28-19-11-12-20(28)16-27(24(29)21-8-4-5-9-22(21)25)15-18-7-3-6-10-23(18)26-14-13-19/h3-10,17,19-20,26H,11-16H2,1-2H3/t19-,20+/m1/s1. The van der Waals surface area contributed by atoms with Crippen LogP contribution in [0.25, 0.3) is 0 Å². The van der Waals surface area contributed by atoms with Gasteiger partial charge in [-0.05, 0) is 56.9 Å². The number of halogens is 1. The summed E-state index contributed by atoms with van der Waals surface area (Å²) in [6.45, 7) is 6.81. The van der Waals surface area contributed by atoms with Gasteiger partial charge in [-0.3, -0.25) is 9.69 Å². The topological polar surface area (TPSA) is 35.6 Å². The molecule has 0 radical (unpaired) electrons. The quantitative estimate of drug-likeness (QED) is 0.751. The van der Waals surface area contributed by atoms with Gasteiger partial charge < -0.3 is 10.2 Å². The molecule has 4 nitrogen and oxygen atoms in total. The first-order valence-corrected chi connectivity index (χ1v) is 11.1. The van der Waals surface area contributed by atoms with E-state index in [-0.39, 0.29) is 5.91 Å². The van der Waals surface area contributed by atoms with Crippen LogP contribution in [0.4, 0.5) is 5.69 Å². The zero-order valence-corrected chi connectivity index (χ0v) is 18.0. The molecule has 5 heteroatoms. The van der Waals surface area contributed by atoms with Gasteiger partial charge in [0.2, 0.25) is 0 Å². The Labute approximate surface area is 178 Å². The summed E-state index contributed by atoms with van der Waals surface area (Å²) >= 11 is 6.38. The maximum absolute atomic E-state index is 13.5. The lowest BCUT2D eigenvalue weighted by Gasteiger charge is -2.36. The highest BCUT2D eigenvalue weighted by Gasteiger charge is 2.37. The Morgan fingerprint density at radius 1 is 1.03 bits per heavy atom. The lowest BCUT2D eigenvalue weighted by molar-refractivity contribution is 0.0634. The molecule has 2 aliphatic rings. The zero-order valence-electron chi connectivity index (χ0n) is 17.3. The van der Waals surface area contributed by atoms with E-state index >= 15 is 0 Å². The smallest absolute Gasteiger partial charge is 0.255 e. The van der Waals surface area contributed by atoms with Crippen molar-refractivity contribution in [3.8, 4) is 0 Å². The molecule has 4 rings (SSSR count). The van der Waals surface area contributed by atoms with Crippen LogP contribution in [0.15, 0.2) is 48.5 Å². The van der Waals surface area contributed by atoms with Gasteiger partial charge in [0.1, 0.15) is 0 Å². The van der Waals surface area contributed by atoms with Crippen molar-refractivity contribution in [2.45, 2.75) is 57.8 Å². The summed E-state index contributed by atoms with van der Waals surface area (Å²) in [6, 6.07) is 17.1. The molecule has 0 aliphatic carbocycles. The SMILES string of the molecule is CC(C)N1[C@H]2CCNc3ccccc3CN(C(=O)c3ccccc3Cl)C[C@@H]1CC2. The highest BCUT2D eigenvalue weighted by molar-refractivity contribution is 6.33. The van der Waals surface area contributed by atoms with E-state index < -0.39 is 0 Å². The van der Waals surface area contributed by atoms with Crippen molar-refractivity contribution >= 4 is 23.2 Å². The molecule has 29 heavy (non-hydrogen) atoms. The Bertz CT molecular complexity index is 869. The first-order chi connectivity index (χ1) is 14.0. The third-order valence-electron chi connectivity index (χ3n) is 6.27. The van der Waals surface area contributed by atoms with E-state index in [0.29, 0.717) is 35.3 Å². The molecule has 2 bridgehead atoms. The van der Waals surface area contributed by atoms with E-state index in [1.54, 1.807) is 6.07 Å². The van der Waals surface area contributed by atoms with E-state index in [1.165, 1.54) is 6.42 Å². The molecule has 1 amide bonds. The number of anilines is 1. The summed E-state index contributed by atoms with van der Waals surface area (Å²) in [7, 11) is 0. The molecule has 2 aromatic rings. The fourth-order valence-electron chi connectivity index (χ4n) is 4.99. The van der Waals surface area contributed by atoms with E-state index in [1.807, 2.05) is 29.2 Å². The van der Waals surface area contributed by atoms with Crippen molar-refractivity contribution in [2.24, 2.45) is 0 Å². The van der Waals surface area contributed by atoms with Gasteiger partial charge in [0.25, 0.3) is 5.91 Å². The number of hydrogen-bond donors (Lipinski definition) is 1. The van der Waals surface area contributed by atoms with Gasteiger partial charge in [-0.25, -0.2) is 0 Å². The molecule has 1 N–H and O–H groups in total. The van der Waals surface area contributed by atoms with E-state index in [0.717, 1.165) is 37.2 Å². The molecule has 1 fully saturated rings. The summed E-state index contributed by atoms with van der Waals surface area (Å²) in [5, 5.41) is 4.14. The van der Waals surface area contributed by atoms with Crippen LogP contribution in [0.5, 0.6) is 0 Å². The average Bonchev–Trinajstić information content (AvgIpc) is 3.09. The Kier molecular flexibility index (Phi) is 6.12. The van der Waals surface area contributed by atoms with Crippen molar-refractivity contribution in [3.63, 3.8) is 0 Å². The van der Waals surface area contributed by atoms with E-state index in [4.69, 9.17) is 11.6 Å². The summed E-state index contributed by atoms with van der Waals surface area (Å²) in [4.78, 5) is 18.2. The number of amides is 1. The number of rotatable bonds is 2. The largest absolute Gasteiger partial charge is 0.385 e. The molecule has 154 valence electrons. The Morgan fingerprint density at radius 2 is 1.76 bits per heavy atom. The van der Waals surface area contributed by atoms with Crippen molar-refractivity contribution in [1.29, 1.82) is 0 Å². The highest BCUT2D eigenvalue weighted by Crippen LogP contribution is 2.32. The number of carbonyl (C=O) groups excluding carboxylic acids is 1. The second-order valence-electron chi connectivity index (χ2n) is 8.46. The predicted molar refractivity (Wildman–Crippen MR) is 120 cm³/mol. The summed E-state index contributed by atoms with van der Waals surface area (Å²) in [5.41, 5.74) is 2.86. The number of benzene rings is 2. The molecule has 0 saturated carbocycles. The van der Waals surface area contributed by atoms with E-state index in [2.05, 4.69) is 42.3 Å². The number of nitrogens with one attached hydrogen (secondary N) is 1. The minimum absolute atomic E-state index is 0.0109. The van der Waals surface area contributed by atoms with Crippen molar-refractivity contribution < 1.29 is 4.79 Å². The van der Waals surface area contributed by atoms with Crippen molar-refractivity contribution in [2.75, 3.05) is 18.4 Å². The molecule has 0 unspecified atom stereocenters. The molecule has 2 aromatic carbocycles. The molecule has 2 heterocycles. The van der Waals surface area contributed by atoms with Crippen LogP contribution in [0.1, 0.15) is 49.0 Å². The lowest BCUT2D eigenvalue weighted by Crippen LogP contribution is -2.48. The third-order valence-corrected chi connectivity index (χ3v) is 6.60. The maximum atomic E-state index is 13.5. The van der Waals surface area contributed by atoms with Gasteiger partial charge in [-0.2, -0.15) is 0 Å². The zero-order chi connectivity index (χ0) is 20.4. The third kappa shape index (κ3) is 4.29. The Hall–Kier alpha value is -2.04. The van der Waals surface area contributed by atoms with Crippen LogP contribution in [-0.4, -0.2) is 46.9 Å². The maximum Gasteiger partial charge on any atom is 0.255 e. The summed E-state index contributed by atoms with van der Waals surface area (Å²) < 4.78 is 0. The highest BCUT2D eigenvalue weighted by atomic mass is 35.5. The second kappa shape index (κ2) is 8.76. The molecular formula is C24H30ClN3O. The molecule has 2 atom stereocenters. The molecule has 0 spiro atoms. The second-order valence-corrected chi connectivity index (χ2v) is 8.87.